The van der Waals surface area contributed by atoms with Gasteiger partial charge in [0.05, 0.1) is 12.0 Å². The van der Waals surface area contributed by atoms with Gasteiger partial charge in [-0.2, -0.15) is 0 Å². The van der Waals surface area contributed by atoms with Gasteiger partial charge < -0.3 is 10.4 Å². The third kappa shape index (κ3) is 4.10. The number of amides is 1. The topological polar surface area (TPSA) is 66.4 Å². The van der Waals surface area contributed by atoms with Crippen molar-refractivity contribution >= 4 is 27.8 Å². The number of carboxylic acid groups (broad SMARTS) is 1. The van der Waals surface area contributed by atoms with Crippen LogP contribution >= 0.6 is 15.9 Å². The number of rotatable bonds is 4. The quantitative estimate of drug-likeness (QED) is 0.897. The first kappa shape index (κ1) is 14.6. The van der Waals surface area contributed by atoms with Gasteiger partial charge in [-0.1, -0.05) is 15.9 Å². The van der Waals surface area contributed by atoms with Crippen molar-refractivity contribution in [1.82, 2.24) is 5.32 Å². The van der Waals surface area contributed by atoms with Gasteiger partial charge in [0.2, 0.25) is 0 Å². The van der Waals surface area contributed by atoms with Crippen LogP contribution in [0.5, 0.6) is 0 Å². The fourth-order valence-corrected chi connectivity index (χ4v) is 1.80. The van der Waals surface area contributed by atoms with Crippen LogP contribution in [0, 0.1) is 5.82 Å². The number of hydrogen-bond donors (Lipinski definition) is 2. The molecule has 2 N–H and O–H groups in total. The molecule has 0 aromatic heterocycles. The molecule has 18 heavy (non-hydrogen) atoms. The van der Waals surface area contributed by atoms with Crippen LogP contribution in [0.25, 0.3) is 0 Å². The Bertz CT molecular complexity index is 488. The summed E-state index contributed by atoms with van der Waals surface area (Å²) in [5, 5.41) is 11.2. The van der Waals surface area contributed by atoms with E-state index in [1.807, 2.05) is 0 Å². The molecule has 0 fully saturated rings. The van der Waals surface area contributed by atoms with E-state index in [4.69, 9.17) is 5.11 Å². The molecule has 1 rings (SSSR count). The Morgan fingerprint density at radius 2 is 2.06 bits per heavy atom. The first-order valence-corrected chi connectivity index (χ1v) is 6.00. The molecule has 0 saturated heterocycles. The van der Waals surface area contributed by atoms with Crippen LogP contribution in [0.15, 0.2) is 22.7 Å². The lowest BCUT2D eigenvalue weighted by Gasteiger charge is -2.24. The van der Waals surface area contributed by atoms with E-state index in [9.17, 15) is 14.0 Å². The van der Waals surface area contributed by atoms with Crippen LogP contribution in [0.1, 0.15) is 30.6 Å². The average Bonchev–Trinajstić information content (AvgIpc) is 2.13. The summed E-state index contributed by atoms with van der Waals surface area (Å²) in [6.07, 6.45) is -0.239. The smallest absolute Gasteiger partial charge is 0.305 e. The molecular formula is C12H13BrFNO3. The summed E-state index contributed by atoms with van der Waals surface area (Å²) >= 11 is 3.09. The number of halogens is 2. The monoisotopic (exact) mass is 317 g/mol. The normalized spacial score (nSPS) is 11.1. The van der Waals surface area contributed by atoms with Gasteiger partial charge in [0.1, 0.15) is 5.82 Å². The average molecular weight is 318 g/mol. The van der Waals surface area contributed by atoms with Gasteiger partial charge in [0.15, 0.2) is 0 Å². The van der Waals surface area contributed by atoms with Gasteiger partial charge in [-0.25, -0.2) is 4.39 Å². The lowest BCUT2D eigenvalue weighted by Crippen LogP contribution is -2.45. The Kier molecular flexibility index (Phi) is 4.45. The molecule has 0 unspecified atom stereocenters. The maximum absolute atomic E-state index is 13.5. The van der Waals surface area contributed by atoms with Crippen molar-refractivity contribution in [2.75, 3.05) is 0 Å². The highest BCUT2D eigenvalue weighted by atomic mass is 79.9. The molecule has 1 amide bonds. The summed E-state index contributed by atoms with van der Waals surface area (Å²) in [6, 6.07) is 4.06. The first-order chi connectivity index (χ1) is 8.21. The Hall–Kier alpha value is -1.43. The number of carbonyl (C=O) groups excluding carboxylic acids is 1. The highest BCUT2D eigenvalue weighted by molar-refractivity contribution is 9.10. The Morgan fingerprint density at radius 1 is 1.44 bits per heavy atom. The molecule has 1 aromatic carbocycles. The minimum atomic E-state index is -1.03. The van der Waals surface area contributed by atoms with Crippen molar-refractivity contribution in [1.29, 1.82) is 0 Å². The van der Waals surface area contributed by atoms with Crippen LogP contribution in [-0.2, 0) is 4.79 Å². The third-order valence-electron chi connectivity index (χ3n) is 2.22. The zero-order chi connectivity index (χ0) is 13.9. The van der Waals surface area contributed by atoms with E-state index in [2.05, 4.69) is 21.2 Å². The SMILES string of the molecule is CC(C)(CC(=O)O)NC(=O)c1ccc(Br)cc1F. The minimum Gasteiger partial charge on any atom is -0.481 e. The van der Waals surface area contributed by atoms with Crippen molar-refractivity contribution in [3.8, 4) is 0 Å². The lowest BCUT2D eigenvalue weighted by atomic mass is 10.00. The van der Waals surface area contributed by atoms with Gasteiger partial charge in [-0.05, 0) is 32.0 Å². The summed E-state index contributed by atoms with van der Waals surface area (Å²) in [6.45, 7) is 3.13. The lowest BCUT2D eigenvalue weighted by molar-refractivity contribution is -0.138. The second-order valence-electron chi connectivity index (χ2n) is 4.53. The number of hydrogen-bond acceptors (Lipinski definition) is 2. The molecule has 0 aliphatic heterocycles. The van der Waals surface area contributed by atoms with Gasteiger partial charge >= 0.3 is 5.97 Å². The number of carbonyl (C=O) groups is 2. The van der Waals surface area contributed by atoms with Crippen LogP contribution < -0.4 is 5.32 Å². The molecule has 0 aliphatic carbocycles. The van der Waals surface area contributed by atoms with Crippen LogP contribution in [0.2, 0.25) is 0 Å². The third-order valence-corrected chi connectivity index (χ3v) is 2.71. The second kappa shape index (κ2) is 5.48. The molecule has 0 bridgehead atoms. The Balaban J connectivity index is 2.85. The molecular weight excluding hydrogens is 305 g/mol. The van der Waals surface area contributed by atoms with E-state index in [1.54, 1.807) is 19.9 Å². The molecule has 4 nitrogen and oxygen atoms in total. The molecule has 98 valence electrons. The second-order valence-corrected chi connectivity index (χ2v) is 5.45. The standard InChI is InChI=1S/C12H13BrFNO3/c1-12(2,6-10(16)17)15-11(18)8-4-3-7(13)5-9(8)14/h3-5H,6H2,1-2H3,(H,15,18)(H,16,17). The minimum absolute atomic E-state index is 0.114. The molecule has 0 heterocycles. The summed E-state index contributed by atoms with van der Waals surface area (Å²) in [4.78, 5) is 22.4. The maximum atomic E-state index is 13.5. The molecule has 6 heteroatoms. The maximum Gasteiger partial charge on any atom is 0.305 e. The largest absolute Gasteiger partial charge is 0.481 e. The highest BCUT2D eigenvalue weighted by Gasteiger charge is 2.25. The summed E-state index contributed by atoms with van der Waals surface area (Å²) in [7, 11) is 0. The zero-order valence-corrected chi connectivity index (χ0v) is 11.5. The number of carboxylic acids is 1. The number of nitrogens with one attached hydrogen (secondary N) is 1. The van der Waals surface area contributed by atoms with Crippen molar-refractivity contribution in [3.05, 3.63) is 34.1 Å². The fourth-order valence-electron chi connectivity index (χ4n) is 1.47. The van der Waals surface area contributed by atoms with Gasteiger partial charge in [-0.15, -0.1) is 0 Å². The van der Waals surface area contributed by atoms with E-state index in [-0.39, 0.29) is 12.0 Å². The first-order valence-electron chi connectivity index (χ1n) is 5.20. The van der Waals surface area contributed by atoms with E-state index >= 15 is 0 Å². The van der Waals surface area contributed by atoms with Gasteiger partial charge in [0, 0.05) is 10.0 Å². The van der Waals surface area contributed by atoms with E-state index in [0.717, 1.165) is 0 Å². The molecule has 0 aliphatic rings. The Labute approximate surface area is 112 Å². The van der Waals surface area contributed by atoms with E-state index in [1.165, 1.54) is 12.1 Å². The molecule has 0 saturated carbocycles. The molecule has 0 atom stereocenters. The number of benzene rings is 1. The van der Waals surface area contributed by atoms with Crippen LogP contribution in [-0.4, -0.2) is 22.5 Å². The van der Waals surface area contributed by atoms with Gasteiger partial charge in [0.25, 0.3) is 5.91 Å². The van der Waals surface area contributed by atoms with E-state index < -0.39 is 23.2 Å². The van der Waals surface area contributed by atoms with Crippen molar-refractivity contribution < 1.29 is 19.1 Å². The molecule has 0 spiro atoms. The van der Waals surface area contributed by atoms with Crippen LogP contribution in [0.3, 0.4) is 0 Å². The summed E-state index contributed by atoms with van der Waals surface area (Å²) in [5.41, 5.74) is -1.06. The predicted octanol–water partition coefficient (Wildman–Crippen LogP) is 2.57. The van der Waals surface area contributed by atoms with Crippen molar-refractivity contribution in [2.45, 2.75) is 25.8 Å². The van der Waals surface area contributed by atoms with Crippen LogP contribution in [0.4, 0.5) is 4.39 Å². The Morgan fingerprint density at radius 3 is 2.56 bits per heavy atom. The predicted molar refractivity (Wildman–Crippen MR) is 67.9 cm³/mol. The molecule has 1 aromatic rings. The van der Waals surface area contributed by atoms with Crippen molar-refractivity contribution in [2.24, 2.45) is 0 Å². The summed E-state index contributed by atoms with van der Waals surface area (Å²) < 4.78 is 14.1. The highest BCUT2D eigenvalue weighted by Crippen LogP contribution is 2.17. The van der Waals surface area contributed by atoms with E-state index in [0.29, 0.717) is 4.47 Å². The zero-order valence-electron chi connectivity index (χ0n) is 9.96. The van der Waals surface area contributed by atoms with Crippen molar-refractivity contribution in [3.63, 3.8) is 0 Å². The van der Waals surface area contributed by atoms with Gasteiger partial charge in [-0.3, -0.25) is 9.59 Å². The fraction of sp³-hybridized carbons (Fsp3) is 0.333. The number of aliphatic carboxylic acids is 1. The summed E-state index contributed by atoms with van der Waals surface area (Å²) in [5.74, 6) is -2.32. The molecule has 0 radical (unpaired) electrons.